The van der Waals surface area contributed by atoms with Gasteiger partial charge in [-0.2, -0.15) is 0 Å². The molecule has 7 heteroatoms. The van der Waals surface area contributed by atoms with Crippen LogP contribution < -0.4 is 16.5 Å². The van der Waals surface area contributed by atoms with Crippen LogP contribution in [0.5, 0.6) is 0 Å². The van der Waals surface area contributed by atoms with Gasteiger partial charge < -0.3 is 20.7 Å². The Bertz CT molecular complexity index is 431. The zero-order chi connectivity index (χ0) is 12.3. The van der Waals surface area contributed by atoms with E-state index in [1.54, 1.807) is 0 Å². The molecule has 1 aromatic rings. The van der Waals surface area contributed by atoms with E-state index in [1.165, 1.54) is 11.8 Å². The van der Waals surface area contributed by atoms with Gasteiger partial charge in [-0.1, -0.05) is 30.0 Å². The zero-order valence-corrected chi connectivity index (χ0v) is 10.8. The van der Waals surface area contributed by atoms with Crippen LogP contribution in [0, 0.1) is 0 Å². The Morgan fingerprint density at radius 1 is 1.65 bits per heavy atom. The third kappa shape index (κ3) is 3.20. The lowest BCUT2D eigenvalue weighted by Gasteiger charge is -2.08. The smallest absolute Gasteiger partial charge is 0.423 e. The Kier molecular flexibility index (Phi) is 4.41. The third-order valence-electron chi connectivity index (χ3n) is 2.41. The van der Waals surface area contributed by atoms with Gasteiger partial charge in [0, 0.05) is 18.0 Å². The van der Waals surface area contributed by atoms with Crippen molar-refractivity contribution >= 4 is 46.6 Å². The number of thioether (sulfide) groups is 1. The number of fused-ring (bicyclic) bond motifs is 1. The molecule has 0 saturated heterocycles. The summed E-state index contributed by atoms with van der Waals surface area (Å²) in [5.74, 6) is 0.794. The SMILES string of the molecule is NCCSC(=S)Nc1ccc2c(c1)B(O)OC2. The summed E-state index contributed by atoms with van der Waals surface area (Å²) >= 11 is 6.67. The van der Waals surface area contributed by atoms with Crippen LogP contribution in [0.15, 0.2) is 18.2 Å². The minimum absolute atomic E-state index is 0.461. The molecule has 2 rings (SSSR count). The lowest BCUT2D eigenvalue weighted by atomic mass is 9.79. The first-order valence-electron chi connectivity index (χ1n) is 5.27. The maximum atomic E-state index is 9.58. The molecular formula is C10H13BN2O2S2. The predicted octanol–water partition coefficient (Wildman–Crippen LogP) is 0.293. The highest BCUT2D eigenvalue weighted by molar-refractivity contribution is 8.23. The molecule has 0 amide bonds. The quantitative estimate of drug-likeness (QED) is 0.541. The fourth-order valence-corrected chi connectivity index (χ4v) is 2.46. The monoisotopic (exact) mass is 268 g/mol. The largest absolute Gasteiger partial charge is 0.491 e. The number of rotatable bonds is 3. The van der Waals surface area contributed by atoms with E-state index in [2.05, 4.69) is 5.32 Å². The van der Waals surface area contributed by atoms with Crippen LogP contribution in [0.3, 0.4) is 0 Å². The average Bonchev–Trinajstić information content (AvgIpc) is 2.68. The summed E-state index contributed by atoms with van der Waals surface area (Å²) in [5.41, 5.74) is 8.09. The van der Waals surface area contributed by atoms with Gasteiger partial charge in [0.05, 0.1) is 6.61 Å². The van der Waals surface area contributed by atoms with E-state index in [1.807, 2.05) is 18.2 Å². The Labute approximate surface area is 110 Å². The average molecular weight is 268 g/mol. The Hall–Kier alpha value is -0.595. The molecule has 0 saturated carbocycles. The number of thiocarbonyl (C=S) groups is 1. The second kappa shape index (κ2) is 5.84. The molecule has 1 heterocycles. The van der Waals surface area contributed by atoms with Crippen molar-refractivity contribution in [2.24, 2.45) is 5.73 Å². The predicted molar refractivity (Wildman–Crippen MR) is 76.6 cm³/mol. The van der Waals surface area contributed by atoms with Crippen LogP contribution in [-0.2, 0) is 11.3 Å². The first-order valence-corrected chi connectivity index (χ1v) is 6.66. The fraction of sp³-hybridized carbons (Fsp3) is 0.300. The Morgan fingerprint density at radius 2 is 2.47 bits per heavy atom. The second-order valence-corrected chi connectivity index (χ2v) is 5.40. The normalized spacial score (nSPS) is 13.6. The maximum absolute atomic E-state index is 9.58. The first kappa shape index (κ1) is 12.9. The number of nitrogens with two attached hydrogens (primary N) is 1. The maximum Gasteiger partial charge on any atom is 0.491 e. The van der Waals surface area contributed by atoms with Crippen molar-refractivity contribution in [2.75, 3.05) is 17.6 Å². The van der Waals surface area contributed by atoms with E-state index in [4.69, 9.17) is 22.6 Å². The lowest BCUT2D eigenvalue weighted by molar-refractivity contribution is 0.275. The minimum Gasteiger partial charge on any atom is -0.423 e. The van der Waals surface area contributed by atoms with Gasteiger partial charge in [-0.05, 0) is 23.2 Å². The second-order valence-electron chi connectivity index (χ2n) is 3.63. The molecule has 0 aliphatic carbocycles. The van der Waals surface area contributed by atoms with Crippen LogP contribution in [-0.4, -0.2) is 28.8 Å². The van der Waals surface area contributed by atoms with E-state index < -0.39 is 7.12 Å². The van der Waals surface area contributed by atoms with E-state index >= 15 is 0 Å². The minimum atomic E-state index is -0.822. The van der Waals surface area contributed by atoms with Crippen LogP contribution in [0.1, 0.15) is 5.56 Å². The molecule has 1 aromatic carbocycles. The summed E-state index contributed by atoms with van der Waals surface area (Å²) in [6, 6.07) is 5.72. The van der Waals surface area contributed by atoms with E-state index in [9.17, 15) is 5.02 Å². The topological polar surface area (TPSA) is 67.5 Å². The molecule has 0 aromatic heterocycles. The molecule has 0 radical (unpaired) electrons. The van der Waals surface area contributed by atoms with Crippen molar-refractivity contribution in [3.8, 4) is 0 Å². The van der Waals surface area contributed by atoms with Crippen LogP contribution in [0.4, 0.5) is 5.69 Å². The molecule has 4 N–H and O–H groups in total. The van der Waals surface area contributed by atoms with Gasteiger partial charge in [-0.15, -0.1) is 0 Å². The summed E-state index contributed by atoms with van der Waals surface area (Å²) in [6.45, 7) is 1.06. The van der Waals surface area contributed by atoms with Crippen molar-refractivity contribution in [1.29, 1.82) is 0 Å². The molecule has 1 aliphatic heterocycles. The van der Waals surface area contributed by atoms with Crippen LogP contribution in [0.2, 0.25) is 0 Å². The van der Waals surface area contributed by atoms with Gasteiger partial charge >= 0.3 is 7.12 Å². The van der Waals surface area contributed by atoms with Gasteiger partial charge in [-0.3, -0.25) is 0 Å². The molecule has 0 spiro atoms. The zero-order valence-electron chi connectivity index (χ0n) is 9.18. The number of benzene rings is 1. The summed E-state index contributed by atoms with van der Waals surface area (Å²) in [7, 11) is -0.822. The van der Waals surface area contributed by atoms with Gasteiger partial charge in [0.25, 0.3) is 0 Å². The Balaban J connectivity index is 2.03. The highest BCUT2D eigenvalue weighted by atomic mass is 32.2. The van der Waals surface area contributed by atoms with Gasteiger partial charge in [-0.25, -0.2) is 0 Å². The third-order valence-corrected chi connectivity index (χ3v) is 3.67. The van der Waals surface area contributed by atoms with Gasteiger partial charge in [0.15, 0.2) is 0 Å². The molecule has 1 aliphatic rings. The van der Waals surface area contributed by atoms with E-state index in [-0.39, 0.29) is 0 Å². The van der Waals surface area contributed by atoms with Crippen molar-refractivity contribution in [3.05, 3.63) is 23.8 Å². The van der Waals surface area contributed by atoms with Crippen molar-refractivity contribution < 1.29 is 9.68 Å². The van der Waals surface area contributed by atoms with Gasteiger partial charge in [0.2, 0.25) is 0 Å². The van der Waals surface area contributed by atoms with Gasteiger partial charge in [0.1, 0.15) is 4.32 Å². The van der Waals surface area contributed by atoms with Crippen molar-refractivity contribution in [3.63, 3.8) is 0 Å². The summed E-state index contributed by atoms with van der Waals surface area (Å²) < 4.78 is 5.81. The fourth-order valence-electron chi connectivity index (χ4n) is 1.60. The Morgan fingerprint density at radius 3 is 3.24 bits per heavy atom. The van der Waals surface area contributed by atoms with Crippen molar-refractivity contribution in [2.45, 2.75) is 6.61 Å². The highest BCUT2D eigenvalue weighted by Crippen LogP contribution is 2.16. The number of hydrogen-bond acceptors (Lipinski definition) is 5. The summed E-state index contributed by atoms with van der Waals surface area (Å²) in [4.78, 5) is 0. The first-order chi connectivity index (χ1) is 8.20. The number of anilines is 1. The number of nitrogens with one attached hydrogen (secondary N) is 1. The summed E-state index contributed by atoms with van der Waals surface area (Å²) in [5, 5.41) is 12.7. The lowest BCUT2D eigenvalue weighted by Crippen LogP contribution is -2.28. The van der Waals surface area contributed by atoms with Crippen LogP contribution in [0.25, 0.3) is 0 Å². The molecule has 90 valence electrons. The molecule has 0 unspecified atom stereocenters. The highest BCUT2D eigenvalue weighted by Gasteiger charge is 2.27. The molecule has 0 bridgehead atoms. The molecule has 0 fully saturated rings. The molecule has 4 nitrogen and oxygen atoms in total. The molecule has 17 heavy (non-hydrogen) atoms. The molecule has 0 atom stereocenters. The molecular weight excluding hydrogens is 255 g/mol. The van der Waals surface area contributed by atoms with Crippen LogP contribution >= 0.6 is 24.0 Å². The van der Waals surface area contributed by atoms with E-state index in [0.717, 1.165) is 22.5 Å². The van der Waals surface area contributed by atoms with Crippen molar-refractivity contribution in [1.82, 2.24) is 0 Å². The summed E-state index contributed by atoms with van der Waals surface area (Å²) in [6.07, 6.45) is 0. The number of hydrogen-bond donors (Lipinski definition) is 3. The van der Waals surface area contributed by atoms with E-state index in [0.29, 0.717) is 17.5 Å². The standard InChI is InChI=1S/C10H13BN2O2S2/c12-3-4-17-10(16)13-8-2-1-7-6-15-11(14)9(7)5-8/h1-2,5,14H,3-4,6,12H2,(H,13,16).